The molecule has 2 bridgehead atoms. The molecule has 2 aliphatic carbocycles. The first-order valence-electron chi connectivity index (χ1n) is 7.74. The Bertz CT molecular complexity index is 683. The van der Waals surface area contributed by atoms with Crippen LogP contribution in [-0.2, 0) is 11.8 Å². The van der Waals surface area contributed by atoms with E-state index in [4.69, 9.17) is 4.74 Å². The molecule has 2 N–H and O–H groups in total. The van der Waals surface area contributed by atoms with Crippen molar-refractivity contribution >= 4 is 0 Å². The number of phenolic OH excluding ortho intramolecular Hbond substituents is 1. The zero-order chi connectivity index (χ0) is 14.4. The standard InChI is InChI=1S/C17H19NO3/c1-18-7-6-17-10-3-5-13(20)16(17)21-15-12(19)4-2-9(14(15)17)8-11(10)18/h2-4,11,13,16,19-20H,5-8H2,1H3/t11-,13?,16+,17+/m1/s1. The van der Waals surface area contributed by atoms with E-state index >= 15 is 0 Å². The Morgan fingerprint density at radius 1 is 1.38 bits per heavy atom. The minimum Gasteiger partial charge on any atom is -0.504 e. The molecule has 1 fully saturated rings. The maximum absolute atomic E-state index is 10.5. The summed E-state index contributed by atoms with van der Waals surface area (Å²) in [7, 11) is 2.18. The third-order valence-corrected chi connectivity index (χ3v) is 6.01. The molecule has 4 nitrogen and oxygen atoms in total. The Balaban J connectivity index is 1.86. The van der Waals surface area contributed by atoms with Gasteiger partial charge in [0, 0.05) is 11.6 Å². The van der Waals surface area contributed by atoms with Crippen LogP contribution >= 0.6 is 0 Å². The maximum atomic E-state index is 10.5. The van der Waals surface area contributed by atoms with E-state index in [1.54, 1.807) is 6.07 Å². The van der Waals surface area contributed by atoms with Crippen molar-refractivity contribution in [2.75, 3.05) is 13.6 Å². The molecule has 2 aliphatic heterocycles. The van der Waals surface area contributed by atoms with Crippen LogP contribution in [0.1, 0.15) is 24.0 Å². The number of rotatable bonds is 0. The lowest BCUT2D eigenvalue weighted by molar-refractivity contribution is -0.0123. The number of piperidine rings is 1. The minimum absolute atomic E-state index is 0.210. The molecule has 0 saturated carbocycles. The van der Waals surface area contributed by atoms with Gasteiger partial charge in [-0.2, -0.15) is 0 Å². The van der Waals surface area contributed by atoms with Gasteiger partial charge in [0.05, 0.1) is 11.5 Å². The number of aliphatic hydroxyl groups excluding tert-OH is 1. The fourth-order valence-corrected chi connectivity index (χ4v) is 5.09. The van der Waals surface area contributed by atoms with Crippen molar-refractivity contribution in [2.24, 2.45) is 0 Å². The van der Waals surface area contributed by atoms with Crippen molar-refractivity contribution in [1.29, 1.82) is 0 Å². The summed E-state index contributed by atoms with van der Waals surface area (Å²) in [5, 5.41) is 20.7. The number of aromatic hydroxyl groups is 1. The van der Waals surface area contributed by atoms with Gasteiger partial charge in [0.25, 0.3) is 0 Å². The SMILES string of the molecule is CN1CC[C@@]23C4=CCC(O)[C@@H]2Oc2c(O)ccc(c23)C[C@H]41. The number of ether oxygens (including phenoxy) is 1. The topological polar surface area (TPSA) is 52.9 Å². The van der Waals surface area contributed by atoms with Crippen LogP contribution in [0.5, 0.6) is 11.5 Å². The smallest absolute Gasteiger partial charge is 0.166 e. The number of phenols is 1. The number of hydrogen-bond donors (Lipinski definition) is 2. The molecule has 110 valence electrons. The molecular weight excluding hydrogens is 266 g/mol. The van der Waals surface area contributed by atoms with Crippen LogP contribution in [0, 0.1) is 0 Å². The summed E-state index contributed by atoms with van der Waals surface area (Å²) < 4.78 is 6.10. The van der Waals surface area contributed by atoms with Crippen LogP contribution in [0.15, 0.2) is 23.8 Å². The molecule has 2 heterocycles. The molecule has 5 rings (SSSR count). The molecule has 0 radical (unpaired) electrons. The van der Waals surface area contributed by atoms with Crippen molar-refractivity contribution in [3.05, 3.63) is 34.9 Å². The molecule has 21 heavy (non-hydrogen) atoms. The predicted molar refractivity (Wildman–Crippen MR) is 77.6 cm³/mol. The molecule has 4 heteroatoms. The number of benzene rings is 1. The van der Waals surface area contributed by atoms with Gasteiger partial charge in [0.15, 0.2) is 11.5 Å². The van der Waals surface area contributed by atoms with Crippen LogP contribution in [0.3, 0.4) is 0 Å². The van der Waals surface area contributed by atoms with E-state index in [0.29, 0.717) is 18.2 Å². The Morgan fingerprint density at radius 3 is 3.10 bits per heavy atom. The van der Waals surface area contributed by atoms with Crippen molar-refractivity contribution in [3.63, 3.8) is 0 Å². The quantitative estimate of drug-likeness (QED) is 0.706. The third kappa shape index (κ3) is 1.21. The number of likely N-dealkylation sites (N-methyl/N-ethyl adjacent to an activating group) is 1. The van der Waals surface area contributed by atoms with Crippen LogP contribution in [0.2, 0.25) is 0 Å². The maximum Gasteiger partial charge on any atom is 0.166 e. The van der Waals surface area contributed by atoms with Gasteiger partial charge in [0.2, 0.25) is 0 Å². The van der Waals surface area contributed by atoms with Gasteiger partial charge >= 0.3 is 0 Å². The molecule has 0 amide bonds. The summed E-state index contributed by atoms with van der Waals surface area (Å²) in [4.78, 5) is 2.42. The van der Waals surface area contributed by atoms with E-state index < -0.39 is 6.10 Å². The highest BCUT2D eigenvalue weighted by atomic mass is 16.5. The lowest BCUT2D eigenvalue weighted by Gasteiger charge is -2.54. The Labute approximate surface area is 123 Å². The summed E-state index contributed by atoms with van der Waals surface area (Å²) in [6, 6.07) is 4.17. The van der Waals surface area contributed by atoms with Gasteiger partial charge in [-0.15, -0.1) is 0 Å². The van der Waals surface area contributed by atoms with Crippen LogP contribution in [-0.4, -0.2) is 47.0 Å². The number of nitrogens with zero attached hydrogens (tertiary/aromatic N) is 1. The van der Waals surface area contributed by atoms with Crippen LogP contribution < -0.4 is 4.74 Å². The Morgan fingerprint density at radius 2 is 2.24 bits per heavy atom. The van der Waals surface area contributed by atoms with Gasteiger partial charge in [-0.05, 0) is 50.1 Å². The highest BCUT2D eigenvalue weighted by molar-refractivity contribution is 5.65. The first-order valence-corrected chi connectivity index (χ1v) is 7.74. The molecule has 1 spiro atoms. The van der Waals surface area contributed by atoms with Gasteiger partial charge < -0.3 is 14.9 Å². The second kappa shape index (κ2) is 3.62. The zero-order valence-corrected chi connectivity index (χ0v) is 12.0. The molecule has 1 aromatic carbocycles. The summed E-state index contributed by atoms with van der Waals surface area (Å²) >= 11 is 0. The second-order valence-electron chi connectivity index (χ2n) is 6.87. The first kappa shape index (κ1) is 12.1. The van der Waals surface area contributed by atoms with Crippen LogP contribution in [0.25, 0.3) is 0 Å². The average Bonchev–Trinajstić information content (AvgIpc) is 2.83. The van der Waals surface area contributed by atoms with E-state index in [-0.39, 0.29) is 17.3 Å². The van der Waals surface area contributed by atoms with Crippen molar-refractivity contribution in [2.45, 2.75) is 42.9 Å². The molecular formula is C17H19NO3. The van der Waals surface area contributed by atoms with E-state index in [1.807, 2.05) is 6.07 Å². The molecule has 4 atom stereocenters. The average molecular weight is 285 g/mol. The van der Waals surface area contributed by atoms with Crippen molar-refractivity contribution in [3.8, 4) is 11.5 Å². The third-order valence-electron chi connectivity index (χ3n) is 6.01. The van der Waals surface area contributed by atoms with Gasteiger partial charge in [-0.25, -0.2) is 0 Å². The highest BCUT2D eigenvalue weighted by Crippen LogP contribution is 2.62. The van der Waals surface area contributed by atoms with Gasteiger partial charge in [0.1, 0.15) is 6.10 Å². The lowest BCUT2D eigenvalue weighted by atomic mass is 9.56. The monoisotopic (exact) mass is 285 g/mol. The normalized spacial score (nSPS) is 39.5. The number of likely N-dealkylation sites (tertiary alicyclic amines) is 1. The predicted octanol–water partition coefficient (Wildman–Crippen LogP) is 1.34. The van der Waals surface area contributed by atoms with Crippen LogP contribution in [0.4, 0.5) is 0 Å². The number of hydrogen-bond acceptors (Lipinski definition) is 4. The van der Waals surface area contributed by atoms with E-state index in [9.17, 15) is 10.2 Å². The molecule has 1 unspecified atom stereocenters. The Hall–Kier alpha value is -1.52. The fraction of sp³-hybridized carbons (Fsp3) is 0.529. The van der Waals surface area contributed by atoms with Crippen molar-refractivity contribution in [1.82, 2.24) is 4.90 Å². The lowest BCUT2D eigenvalue weighted by Crippen LogP contribution is -2.61. The second-order valence-corrected chi connectivity index (χ2v) is 6.87. The summed E-state index contributed by atoms with van der Waals surface area (Å²) in [6.07, 6.45) is 4.07. The van der Waals surface area contributed by atoms with Gasteiger partial charge in [-0.3, -0.25) is 4.90 Å². The zero-order valence-electron chi connectivity index (χ0n) is 12.0. The van der Waals surface area contributed by atoms with Crippen molar-refractivity contribution < 1.29 is 14.9 Å². The fourth-order valence-electron chi connectivity index (χ4n) is 5.09. The molecule has 0 aromatic heterocycles. The van der Waals surface area contributed by atoms with E-state index in [0.717, 1.165) is 24.9 Å². The first-order chi connectivity index (χ1) is 10.1. The highest BCUT2D eigenvalue weighted by Gasteiger charge is 2.62. The largest absolute Gasteiger partial charge is 0.504 e. The molecule has 4 aliphatic rings. The van der Waals surface area contributed by atoms with Gasteiger partial charge in [-0.1, -0.05) is 12.1 Å². The summed E-state index contributed by atoms with van der Waals surface area (Å²) in [6.45, 7) is 1.00. The van der Waals surface area contributed by atoms with E-state index in [1.165, 1.54) is 11.1 Å². The number of aliphatic hydroxyl groups is 1. The minimum atomic E-state index is -0.490. The molecule has 1 aromatic rings. The Kier molecular flexibility index (Phi) is 2.08. The summed E-state index contributed by atoms with van der Waals surface area (Å²) in [5.74, 6) is 0.828. The summed E-state index contributed by atoms with van der Waals surface area (Å²) in [5.41, 5.74) is 3.62. The molecule has 1 saturated heterocycles. The van der Waals surface area contributed by atoms with E-state index in [2.05, 4.69) is 18.0 Å².